The first-order valence-electron chi connectivity index (χ1n) is 9.11. The minimum atomic E-state index is -0.199. The zero-order valence-electron chi connectivity index (χ0n) is 15.7. The van der Waals surface area contributed by atoms with Gasteiger partial charge in [0.2, 0.25) is 0 Å². The largest absolute Gasteiger partial charge is 0.457 e. The molecule has 0 aliphatic carbocycles. The predicted molar refractivity (Wildman–Crippen MR) is 121 cm³/mol. The summed E-state index contributed by atoms with van der Waals surface area (Å²) in [7, 11) is 0. The molecular formula is C24H16ClNO3S. The lowest BCUT2D eigenvalue weighted by molar-refractivity contribution is 0.102. The van der Waals surface area contributed by atoms with Crippen LogP contribution in [0.1, 0.15) is 25.8 Å². The minimum Gasteiger partial charge on any atom is -0.457 e. The van der Waals surface area contributed by atoms with Gasteiger partial charge in [0.25, 0.3) is 5.91 Å². The van der Waals surface area contributed by atoms with Crippen molar-refractivity contribution in [3.63, 3.8) is 0 Å². The van der Waals surface area contributed by atoms with Crippen LogP contribution in [0.25, 0.3) is 17.4 Å². The van der Waals surface area contributed by atoms with E-state index in [0.29, 0.717) is 32.7 Å². The second-order valence-corrected chi connectivity index (χ2v) is 7.80. The second-order valence-electron chi connectivity index (χ2n) is 6.42. The zero-order valence-corrected chi connectivity index (χ0v) is 17.2. The van der Waals surface area contributed by atoms with Gasteiger partial charge in [-0.1, -0.05) is 29.8 Å². The van der Waals surface area contributed by atoms with Crippen molar-refractivity contribution in [1.29, 1.82) is 0 Å². The third-order valence-electron chi connectivity index (χ3n) is 4.30. The van der Waals surface area contributed by atoms with Crippen molar-refractivity contribution in [1.82, 2.24) is 0 Å². The van der Waals surface area contributed by atoms with Crippen molar-refractivity contribution in [2.75, 3.05) is 5.32 Å². The van der Waals surface area contributed by atoms with E-state index in [0.717, 1.165) is 5.56 Å². The maximum atomic E-state index is 12.5. The Morgan fingerprint density at radius 3 is 2.57 bits per heavy atom. The average molecular weight is 434 g/mol. The molecule has 2 aromatic heterocycles. The zero-order chi connectivity index (χ0) is 20.9. The van der Waals surface area contributed by atoms with Crippen LogP contribution in [0.5, 0.6) is 0 Å². The second kappa shape index (κ2) is 8.95. The topological polar surface area (TPSA) is 59.3 Å². The molecule has 0 bridgehead atoms. The van der Waals surface area contributed by atoms with Crippen molar-refractivity contribution in [3.8, 4) is 11.3 Å². The van der Waals surface area contributed by atoms with Crippen LogP contribution in [0.4, 0.5) is 5.69 Å². The summed E-state index contributed by atoms with van der Waals surface area (Å²) in [4.78, 5) is 25.3. The van der Waals surface area contributed by atoms with E-state index in [2.05, 4.69) is 5.32 Å². The van der Waals surface area contributed by atoms with Gasteiger partial charge in [-0.25, -0.2) is 0 Å². The number of hydrogen-bond donors (Lipinski definition) is 1. The van der Waals surface area contributed by atoms with Crippen LogP contribution >= 0.6 is 22.9 Å². The number of anilines is 1. The van der Waals surface area contributed by atoms with E-state index in [1.54, 1.807) is 54.6 Å². The SMILES string of the molecule is O=C(/C=C/c1ccc(-c2ccc(Cl)cc2)o1)c1cccc(NC(=O)c2cccs2)c1. The highest BCUT2D eigenvalue weighted by molar-refractivity contribution is 7.12. The lowest BCUT2D eigenvalue weighted by Gasteiger charge is -2.05. The summed E-state index contributed by atoms with van der Waals surface area (Å²) < 4.78 is 5.78. The first kappa shape index (κ1) is 19.9. The Bertz CT molecular complexity index is 1210. The summed E-state index contributed by atoms with van der Waals surface area (Å²) in [6, 6.07) is 21.4. The van der Waals surface area contributed by atoms with Gasteiger partial charge in [0.15, 0.2) is 5.78 Å². The maximum Gasteiger partial charge on any atom is 0.265 e. The summed E-state index contributed by atoms with van der Waals surface area (Å²) in [6.45, 7) is 0. The van der Waals surface area contributed by atoms with Crippen LogP contribution < -0.4 is 5.32 Å². The molecule has 1 N–H and O–H groups in total. The Balaban J connectivity index is 1.44. The Hall–Kier alpha value is -3.41. The molecular weight excluding hydrogens is 418 g/mol. The van der Waals surface area contributed by atoms with Crippen molar-refractivity contribution in [2.24, 2.45) is 0 Å². The van der Waals surface area contributed by atoms with Crippen LogP contribution in [0.3, 0.4) is 0 Å². The molecule has 0 fully saturated rings. The van der Waals surface area contributed by atoms with Crippen LogP contribution in [-0.4, -0.2) is 11.7 Å². The third kappa shape index (κ3) is 4.76. The average Bonchev–Trinajstić information content (AvgIpc) is 3.45. The molecule has 30 heavy (non-hydrogen) atoms. The fraction of sp³-hybridized carbons (Fsp3) is 0. The van der Waals surface area contributed by atoms with Gasteiger partial charge in [0, 0.05) is 21.8 Å². The van der Waals surface area contributed by atoms with Gasteiger partial charge in [0.05, 0.1) is 4.88 Å². The highest BCUT2D eigenvalue weighted by Crippen LogP contribution is 2.24. The lowest BCUT2D eigenvalue weighted by atomic mass is 10.1. The van der Waals surface area contributed by atoms with Crippen molar-refractivity contribution >= 4 is 46.4 Å². The smallest absolute Gasteiger partial charge is 0.265 e. The number of amides is 1. The molecule has 0 aliphatic heterocycles. The molecule has 0 atom stereocenters. The molecule has 4 rings (SSSR count). The minimum absolute atomic E-state index is 0.188. The molecule has 0 radical (unpaired) electrons. The molecule has 0 spiro atoms. The van der Waals surface area contributed by atoms with Crippen LogP contribution in [-0.2, 0) is 0 Å². The van der Waals surface area contributed by atoms with Gasteiger partial charge in [-0.05, 0) is 72.1 Å². The molecule has 1 amide bonds. The summed E-state index contributed by atoms with van der Waals surface area (Å²) >= 11 is 7.27. The normalized spacial score (nSPS) is 11.0. The summed E-state index contributed by atoms with van der Waals surface area (Å²) in [5.41, 5.74) is 1.94. The number of benzene rings is 2. The maximum absolute atomic E-state index is 12.5. The number of thiophene rings is 1. The van der Waals surface area contributed by atoms with Gasteiger partial charge >= 0.3 is 0 Å². The first-order chi connectivity index (χ1) is 14.6. The van der Waals surface area contributed by atoms with E-state index in [4.69, 9.17) is 16.0 Å². The monoisotopic (exact) mass is 433 g/mol. The van der Waals surface area contributed by atoms with E-state index in [1.807, 2.05) is 29.6 Å². The molecule has 0 saturated carbocycles. The Kier molecular flexibility index (Phi) is 5.93. The van der Waals surface area contributed by atoms with E-state index >= 15 is 0 Å². The summed E-state index contributed by atoms with van der Waals surface area (Å²) in [5.74, 6) is 0.870. The number of hydrogen-bond acceptors (Lipinski definition) is 4. The standard InChI is InChI=1S/C24H16ClNO3S/c25-18-8-6-16(7-9-18)22-13-11-20(29-22)10-12-21(27)17-3-1-4-19(15-17)26-24(28)23-5-2-14-30-23/h1-15H,(H,26,28)/b12-10+. The fourth-order valence-corrected chi connectivity index (χ4v) is 3.56. The summed E-state index contributed by atoms with van der Waals surface area (Å²) in [6.07, 6.45) is 3.07. The number of halogens is 1. The van der Waals surface area contributed by atoms with Gasteiger partial charge in [-0.15, -0.1) is 11.3 Å². The quantitative estimate of drug-likeness (QED) is 0.268. The molecule has 2 aromatic carbocycles. The number of rotatable bonds is 6. The van der Waals surface area contributed by atoms with Gasteiger partial charge in [0.1, 0.15) is 11.5 Å². The Morgan fingerprint density at radius 2 is 1.80 bits per heavy atom. The molecule has 0 aliphatic rings. The molecule has 0 unspecified atom stereocenters. The number of carbonyl (C=O) groups is 2. The number of ketones is 1. The summed E-state index contributed by atoms with van der Waals surface area (Å²) in [5, 5.41) is 5.30. The molecule has 148 valence electrons. The van der Waals surface area contributed by atoms with E-state index in [9.17, 15) is 9.59 Å². The lowest BCUT2D eigenvalue weighted by Crippen LogP contribution is -2.10. The molecule has 4 aromatic rings. The van der Waals surface area contributed by atoms with E-state index in [1.165, 1.54) is 17.4 Å². The number of carbonyl (C=O) groups excluding carboxylic acids is 2. The highest BCUT2D eigenvalue weighted by Gasteiger charge is 2.09. The van der Waals surface area contributed by atoms with E-state index < -0.39 is 0 Å². The number of nitrogens with one attached hydrogen (secondary N) is 1. The highest BCUT2D eigenvalue weighted by atomic mass is 35.5. The predicted octanol–water partition coefficient (Wildman–Crippen LogP) is 6.81. The van der Waals surface area contributed by atoms with Gasteiger partial charge < -0.3 is 9.73 Å². The van der Waals surface area contributed by atoms with E-state index in [-0.39, 0.29) is 11.7 Å². The third-order valence-corrected chi connectivity index (χ3v) is 5.43. The Morgan fingerprint density at radius 1 is 0.967 bits per heavy atom. The van der Waals surface area contributed by atoms with Crippen LogP contribution in [0, 0.1) is 0 Å². The molecule has 2 heterocycles. The molecule has 4 nitrogen and oxygen atoms in total. The van der Waals surface area contributed by atoms with Gasteiger partial charge in [-0.2, -0.15) is 0 Å². The van der Waals surface area contributed by atoms with Crippen molar-refractivity contribution < 1.29 is 14.0 Å². The van der Waals surface area contributed by atoms with Crippen molar-refractivity contribution in [3.05, 3.63) is 105 Å². The first-order valence-corrected chi connectivity index (χ1v) is 10.4. The number of furan rings is 1. The molecule has 0 saturated heterocycles. The molecule has 6 heteroatoms. The van der Waals surface area contributed by atoms with Crippen LogP contribution in [0.2, 0.25) is 5.02 Å². The number of allylic oxidation sites excluding steroid dienone is 1. The van der Waals surface area contributed by atoms with Crippen LogP contribution in [0.15, 0.2) is 88.7 Å². The fourth-order valence-electron chi connectivity index (χ4n) is 2.82. The Labute approximate surface area is 182 Å². The van der Waals surface area contributed by atoms with Crippen molar-refractivity contribution in [2.45, 2.75) is 0 Å². The van der Waals surface area contributed by atoms with Gasteiger partial charge in [-0.3, -0.25) is 9.59 Å².